The summed E-state index contributed by atoms with van der Waals surface area (Å²) >= 11 is 1.77. The third-order valence-electron chi connectivity index (χ3n) is 1.99. The van der Waals surface area contributed by atoms with Crippen LogP contribution in [-0.4, -0.2) is 12.4 Å². The van der Waals surface area contributed by atoms with Gasteiger partial charge in [0.05, 0.1) is 5.84 Å². The van der Waals surface area contributed by atoms with Crippen LogP contribution in [0.4, 0.5) is 0 Å². The monoisotopic (exact) mass is 210 g/mol. The first kappa shape index (κ1) is 11.2. The second-order valence-electron chi connectivity index (χ2n) is 4.35. The summed E-state index contributed by atoms with van der Waals surface area (Å²) in [6.45, 7) is 7.04. The molecule has 3 heteroatoms. The van der Waals surface area contributed by atoms with Gasteiger partial charge in [0.1, 0.15) is 0 Å². The summed E-state index contributed by atoms with van der Waals surface area (Å²) in [6, 6.07) is 4.20. The normalized spacial score (nSPS) is 13.2. The Labute approximate surface area is 89.9 Å². The molecule has 0 unspecified atom stereocenters. The van der Waals surface area contributed by atoms with E-state index in [1.165, 1.54) is 4.88 Å². The fourth-order valence-electron chi connectivity index (χ4n) is 0.979. The van der Waals surface area contributed by atoms with Crippen molar-refractivity contribution in [3.63, 3.8) is 0 Å². The summed E-state index contributed by atoms with van der Waals surface area (Å²) < 4.78 is 0. The minimum absolute atomic E-state index is 0.00451. The molecule has 0 radical (unpaired) electrons. The highest BCUT2D eigenvalue weighted by Gasteiger charge is 2.14. The van der Waals surface area contributed by atoms with Crippen LogP contribution in [0.3, 0.4) is 0 Å². The van der Waals surface area contributed by atoms with Crippen molar-refractivity contribution < 1.29 is 0 Å². The molecule has 0 bridgehead atoms. The number of nitrogens with zero attached hydrogens (tertiary/aromatic N) is 1. The Kier molecular flexibility index (Phi) is 3.69. The second-order valence-corrected chi connectivity index (χ2v) is 5.38. The van der Waals surface area contributed by atoms with E-state index in [0.29, 0.717) is 0 Å². The lowest BCUT2D eigenvalue weighted by atomic mass is 9.95. The van der Waals surface area contributed by atoms with E-state index in [1.54, 1.807) is 11.3 Å². The molecule has 0 aliphatic heterocycles. The van der Waals surface area contributed by atoms with Gasteiger partial charge in [-0.3, -0.25) is 4.99 Å². The molecule has 2 nitrogen and oxygen atoms in total. The van der Waals surface area contributed by atoms with Crippen LogP contribution >= 0.6 is 11.3 Å². The molecule has 1 heterocycles. The summed E-state index contributed by atoms with van der Waals surface area (Å²) in [6.07, 6.45) is 0.994. The Morgan fingerprint density at radius 3 is 2.71 bits per heavy atom. The molecule has 1 aromatic heterocycles. The van der Waals surface area contributed by atoms with Crippen molar-refractivity contribution >= 4 is 17.2 Å². The third-order valence-corrected chi connectivity index (χ3v) is 2.93. The zero-order valence-corrected chi connectivity index (χ0v) is 9.90. The summed E-state index contributed by atoms with van der Waals surface area (Å²) in [5.74, 6) is 0.744. The van der Waals surface area contributed by atoms with Gasteiger partial charge in [0, 0.05) is 23.3 Å². The van der Waals surface area contributed by atoms with Crippen molar-refractivity contribution in [3.8, 4) is 0 Å². The van der Waals surface area contributed by atoms with Gasteiger partial charge in [-0.15, -0.1) is 11.3 Å². The third kappa shape index (κ3) is 3.50. The van der Waals surface area contributed by atoms with Gasteiger partial charge in [0.2, 0.25) is 0 Å². The van der Waals surface area contributed by atoms with E-state index < -0.39 is 0 Å². The summed E-state index contributed by atoms with van der Waals surface area (Å²) in [5.41, 5.74) is 5.84. The summed E-state index contributed by atoms with van der Waals surface area (Å²) in [7, 11) is 0. The molecule has 0 aliphatic carbocycles. The number of rotatable bonds is 3. The standard InChI is InChI=1S/C11H18N2S/c1-11(2,3)10(12)13-7-6-9-5-4-8-14-9/h4-5,8H,6-7H2,1-3H3,(H2,12,13). The molecule has 0 fully saturated rings. The first-order valence-electron chi connectivity index (χ1n) is 4.83. The predicted octanol–water partition coefficient (Wildman–Crippen LogP) is 2.69. The van der Waals surface area contributed by atoms with Gasteiger partial charge in [0.15, 0.2) is 0 Å². The molecule has 0 atom stereocenters. The van der Waals surface area contributed by atoms with E-state index in [2.05, 4.69) is 43.3 Å². The molecule has 2 N–H and O–H groups in total. The molecule has 78 valence electrons. The zero-order valence-electron chi connectivity index (χ0n) is 9.08. The lowest BCUT2D eigenvalue weighted by molar-refractivity contribution is 0.581. The van der Waals surface area contributed by atoms with E-state index in [-0.39, 0.29) is 5.41 Å². The quantitative estimate of drug-likeness (QED) is 0.604. The SMILES string of the molecule is CC(C)(C)C(N)=NCCc1cccs1. The summed E-state index contributed by atoms with van der Waals surface area (Å²) in [4.78, 5) is 5.74. The highest BCUT2D eigenvalue weighted by atomic mass is 32.1. The molecule has 0 spiro atoms. The summed E-state index contributed by atoms with van der Waals surface area (Å²) in [5, 5.41) is 2.09. The largest absolute Gasteiger partial charge is 0.387 e. The van der Waals surface area contributed by atoms with Crippen LogP contribution in [-0.2, 0) is 6.42 Å². The van der Waals surface area contributed by atoms with E-state index >= 15 is 0 Å². The average Bonchev–Trinajstić information content (AvgIpc) is 2.55. The van der Waals surface area contributed by atoms with Gasteiger partial charge in [-0.05, 0) is 11.4 Å². The molecule has 0 aromatic carbocycles. The Morgan fingerprint density at radius 2 is 2.21 bits per heavy atom. The molecule has 0 saturated heterocycles. The number of aliphatic imine (C=N–C) groups is 1. The molecule has 1 aromatic rings. The van der Waals surface area contributed by atoms with Crippen LogP contribution in [0.1, 0.15) is 25.6 Å². The minimum atomic E-state index is -0.00451. The van der Waals surface area contributed by atoms with E-state index in [1.807, 2.05) is 0 Å². The van der Waals surface area contributed by atoms with Crippen molar-refractivity contribution in [1.82, 2.24) is 0 Å². The minimum Gasteiger partial charge on any atom is -0.387 e. The van der Waals surface area contributed by atoms with Crippen LogP contribution in [0.2, 0.25) is 0 Å². The average molecular weight is 210 g/mol. The van der Waals surface area contributed by atoms with Crippen molar-refractivity contribution in [2.45, 2.75) is 27.2 Å². The van der Waals surface area contributed by atoms with E-state index in [4.69, 9.17) is 5.73 Å². The zero-order chi connectivity index (χ0) is 10.6. The number of amidine groups is 1. The van der Waals surface area contributed by atoms with Gasteiger partial charge in [-0.25, -0.2) is 0 Å². The van der Waals surface area contributed by atoms with Gasteiger partial charge < -0.3 is 5.73 Å². The molecular weight excluding hydrogens is 192 g/mol. The maximum atomic E-state index is 5.84. The van der Waals surface area contributed by atoms with Gasteiger partial charge >= 0.3 is 0 Å². The number of nitrogens with two attached hydrogens (primary N) is 1. The smallest absolute Gasteiger partial charge is 0.0991 e. The van der Waals surface area contributed by atoms with E-state index in [0.717, 1.165) is 18.8 Å². The molecule has 0 amide bonds. The van der Waals surface area contributed by atoms with Gasteiger partial charge in [0.25, 0.3) is 0 Å². The van der Waals surface area contributed by atoms with Crippen molar-refractivity contribution in [2.75, 3.05) is 6.54 Å². The van der Waals surface area contributed by atoms with Crippen molar-refractivity contribution in [3.05, 3.63) is 22.4 Å². The van der Waals surface area contributed by atoms with Crippen LogP contribution in [0.25, 0.3) is 0 Å². The Morgan fingerprint density at radius 1 is 1.50 bits per heavy atom. The number of thiophene rings is 1. The fraction of sp³-hybridized carbons (Fsp3) is 0.545. The van der Waals surface area contributed by atoms with Gasteiger partial charge in [-0.1, -0.05) is 26.8 Å². The fourth-order valence-corrected chi connectivity index (χ4v) is 1.68. The first-order valence-corrected chi connectivity index (χ1v) is 5.71. The van der Waals surface area contributed by atoms with Crippen LogP contribution in [0.5, 0.6) is 0 Å². The lowest BCUT2D eigenvalue weighted by Gasteiger charge is -2.17. The number of hydrogen-bond donors (Lipinski definition) is 1. The Balaban J connectivity index is 2.41. The topological polar surface area (TPSA) is 38.4 Å². The molecule has 0 saturated carbocycles. The molecular formula is C11H18N2S. The second kappa shape index (κ2) is 4.60. The highest BCUT2D eigenvalue weighted by Crippen LogP contribution is 2.13. The van der Waals surface area contributed by atoms with Crippen LogP contribution in [0, 0.1) is 5.41 Å². The molecule has 0 aliphatic rings. The maximum absolute atomic E-state index is 5.84. The van der Waals surface area contributed by atoms with Gasteiger partial charge in [-0.2, -0.15) is 0 Å². The lowest BCUT2D eigenvalue weighted by Crippen LogP contribution is -2.29. The highest BCUT2D eigenvalue weighted by molar-refractivity contribution is 7.09. The van der Waals surface area contributed by atoms with Crippen molar-refractivity contribution in [2.24, 2.45) is 16.1 Å². The molecule has 1 rings (SSSR count). The van der Waals surface area contributed by atoms with Crippen LogP contribution < -0.4 is 5.73 Å². The Bertz CT molecular complexity index is 294. The molecule has 14 heavy (non-hydrogen) atoms. The predicted molar refractivity (Wildman–Crippen MR) is 64.0 cm³/mol. The number of hydrogen-bond acceptors (Lipinski definition) is 2. The van der Waals surface area contributed by atoms with Crippen molar-refractivity contribution in [1.29, 1.82) is 0 Å². The van der Waals surface area contributed by atoms with E-state index in [9.17, 15) is 0 Å². The first-order chi connectivity index (χ1) is 6.50. The maximum Gasteiger partial charge on any atom is 0.0991 e. The van der Waals surface area contributed by atoms with Crippen LogP contribution in [0.15, 0.2) is 22.5 Å². The Hall–Kier alpha value is -0.830.